The van der Waals surface area contributed by atoms with E-state index in [-0.39, 0.29) is 5.91 Å². The maximum Gasteiger partial charge on any atom is 0.254 e. The van der Waals surface area contributed by atoms with Crippen molar-refractivity contribution in [1.29, 1.82) is 0 Å². The molecule has 0 saturated heterocycles. The highest BCUT2D eigenvalue weighted by atomic mass is 16.5. The first-order valence-electron chi connectivity index (χ1n) is 6.06. The minimum Gasteiger partial charge on any atom is -0.479 e. The fourth-order valence-corrected chi connectivity index (χ4v) is 2.43. The zero-order chi connectivity index (χ0) is 13.6. The molecular formula is C14H15N3O2. The summed E-state index contributed by atoms with van der Waals surface area (Å²) in [5.41, 5.74) is 3.69. The third kappa shape index (κ3) is 1.78. The van der Waals surface area contributed by atoms with Crippen LogP contribution < -0.4 is 4.74 Å². The number of rotatable bonds is 2. The van der Waals surface area contributed by atoms with Crippen molar-refractivity contribution in [3.8, 4) is 17.0 Å². The Bertz CT molecular complexity index is 661. The number of carbonyl (C=O) groups excluding carboxylic acids is 1. The fraction of sp³-hybridized carbons (Fsp3) is 0.286. The maximum atomic E-state index is 12.0. The zero-order valence-electron chi connectivity index (χ0n) is 11.2. The van der Waals surface area contributed by atoms with Crippen molar-refractivity contribution in [2.45, 2.75) is 6.54 Å². The van der Waals surface area contributed by atoms with E-state index in [9.17, 15) is 4.79 Å². The van der Waals surface area contributed by atoms with Crippen molar-refractivity contribution in [2.24, 2.45) is 7.05 Å². The minimum absolute atomic E-state index is 0.0692. The molecule has 0 bridgehead atoms. The lowest BCUT2D eigenvalue weighted by molar-refractivity contribution is 0.0816. The summed E-state index contributed by atoms with van der Waals surface area (Å²) in [5, 5.41) is 4.23. The normalized spacial score (nSPS) is 13.8. The summed E-state index contributed by atoms with van der Waals surface area (Å²) < 4.78 is 6.96. The second-order valence-electron chi connectivity index (χ2n) is 4.76. The molecule has 0 aliphatic carbocycles. The predicted molar refractivity (Wildman–Crippen MR) is 71.0 cm³/mol. The zero-order valence-corrected chi connectivity index (χ0v) is 11.2. The molecule has 5 heteroatoms. The van der Waals surface area contributed by atoms with Crippen molar-refractivity contribution in [2.75, 3.05) is 14.2 Å². The molecule has 0 N–H and O–H groups in total. The molecule has 2 heterocycles. The predicted octanol–water partition coefficient (Wildman–Crippen LogP) is 1.68. The Balaban J connectivity index is 2.10. The SMILES string of the molecule is COc1nn(C)cc1-c1ccc2c(c1)C(=O)N(C)C2. The topological polar surface area (TPSA) is 47.4 Å². The summed E-state index contributed by atoms with van der Waals surface area (Å²) >= 11 is 0. The van der Waals surface area contributed by atoms with E-state index in [1.807, 2.05) is 38.5 Å². The van der Waals surface area contributed by atoms with E-state index >= 15 is 0 Å². The third-order valence-electron chi connectivity index (χ3n) is 3.39. The maximum absolute atomic E-state index is 12.0. The third-order valence-corrected chi connectivity index (χ3v) is 3.39. The standard InChI is InChI=1S/C14H15N3O2/c1-16-7-10-5-4-9(6-11(10)14(16)18)12-8-17(2)15-13(12)19-3/h4-6,8H,7H2,1-3H3. The number of aromatic nitrogens is 2. The number of hydrogen-bond donors (Lipinski definition) is 0. The Morgan fingerprint density at radius 2 is 2.05 bits per heavy atom. The quantitative estimate of drug-likeness (QED) is 0.822. The van der Waals surface area contributed by atoms with E-state index in [1.54, 1.807) is 16.7 Å². The van der Waals surface area contributed by atoms with E-state index in [1.165, 1.54) is 0 Å². The second-order valence-corrected chi connectivity index (χ2v) is 4.76. The van der Waals surface area contributed by atoms with Gasteiger partial charge in [-0.2, -0.15) is 0 Å². The van der Waals surface area contributed by atoms with Gasteiger partial charge in [-0.05, 0) is 17.2 Å². The Kier molecular flexibility index (Phi) is 2.55. The van der Waals surface area contributed by atoms with Crippen LogP contribution in [0.1, 0.15) is 15.9 Å². The van der Waals surface area contributed by atoms with E-state index in [2.05, 4.69) is 5.10 Å². The summed E-state index contributed by atoms with van der Waals surface area (Å²) in [6.07, 6.45) is 1.89. The smallest absolute Gasteiger partial charge is 0.254 e. The molecule has 1 aliphatic heterocycles. The van der Waals surface area contributed by atoms with E-state index in [4.69, 9.17) is 4.74 Å². The van der Waals surface area contributed by atoms with Gasteiger partial charge in [0.05, 0.1) is 12.7 Å². The Labute approximate surface area is 111 Å². The van der Waals surface area contributed by atoms with Gasteiger partial charge in [-0.15, -0.1) is 5.10 Å². The summed E-state index contributed by atoms with van der Waals surface area (Å²) in [6.45, 7) is 0.679. The van der Waals surface area contributed by atoms with E-state index < -0.39 is 0 Å². The molecule has 1 aromatic heterocycles. The second kappa shape index (κ2) is 4.12. The van der Waals surface area contributed by atoms with Gasteiger partial charge in [0.25, 0.3) is 5.91 Å². The van der Waals surface area contributed by atoms with Gasteiger partial charge in [-0.1, -0.05) is 12.1 Å². The molecule has 2 aromatic rings. The molecule has 0 saturated carbocycles. The molecule has 5 nitrogen and oxygen atoms in total. The average molecular weight is 257 g/mol. The monoisotopic (exact) mass is 257 g/mol. The number of hydrogen-bond acceptors (Lipinski definition) is 3. The highest BCUT2D eigenvalue weighted by Gasteiger charge is 2.25. The minimum atomic E-state index is 0.0692. The van der Waals surface area contributed by atoms with Crippen molar-refractivity contribution < 1.29 is 9.53 Å². The van der Waals surface area contributed by atoms with Crippen molar-refractivity contribution in [3.05, 3.63) is 35.5 Å². The lowest BCUT2D eigenvalue weighted by Crippen LogP contribution is -2.17. The lowest BCUT2D eigenvalue weighted by Gasteiger charge is -2.04. The summed E-state index contributed by atoms with van der Waals surface area (Å²) in [7, 11) is 5.25. The van der Waals surface area contributed by atoms with Crippen LogP contribution >= 0.6 is 0 Å². The molecule has 1 amide bonds. The largest absolute Gasteiger partial charge is 0.479 e. The number of fused-ring (bicyclic) bond motifs is 1. The van der Waals surface area contributed by atoms with Crippen molar-refractivity contribution in [1.82, 2.24) is 14.7 Å². The van der Waals surface area contributed by atoms with Crippen LogP contribution in [0.3, 0.4) is 0 Å². The molecule has 3 rings (SSSR count). The van der Waals surface area contributed by atoms with Crippen LogP contribution in [-0.2, 0) is 13.6 Å². The Morgan fingerprint density at radius 3 is 2.79 bits per heavy atom. The molecule has 0 radical (unpaired) electrons. The first kappa shape index (κ1) is 11.8. The molecule has 0 fully saturated rings. The van der Waals surface area contributed by atoms with E-state index in [0.29, 0.717) is 12.4 Å². The Hall–Kier alpha value is -2.30. The highest BCUT2D eigenvalue weighted by molar-refractivity contribution is 5.99. The van der Waals surface area contributed by atoms with Crippen molar-refractivity contribution in [3.63, 3.8) is 0 Å². The molecule has 19 heavy (non-hydrogen) atoms. The van der Waals surface area contributed by atoms with Gasteiger partial charge in [-0.3, -0.25) is 9.48 Å². The molecule has 98 valence electrons. The van der Waals surface area contributed by atoms with E-state index in [0.717, 1.165) is 22.3 Å². The molecule has 0 atom stereocenters. The number of methoxy groups -OCH3 is 1. The van der Waals surface area contributed by atoms with Gasteiger partial charge in [0.1, 0.15) is 0 Å². The van der Waals surface area contributed by atoms with Crippen LogP contribution in [0.2, 0.25) is 0 Å². The molecular weight excluding hydrogens is 242 g/mol. The molecule has 1 aromatic carbocycles. The van der Waals surface area contributed by atoms with Gasteiger partial charge in [0, 0.05) is 32.4 Å². The average Bonchev–Trinajstić information content (AvgIpc) is 2.91. The van der Waals surface area contributed by atoms with Gasteiger partial charge in [-0.25, -0.2) is 0 Å². The van der Waals surface area contributed by atoms with Crippen LogP contribution in [0.25, 0.3) is 11.1 Å². The van der Waals surface area contributed by atoms with Crippen LogP contribution in [-0.4, -0.2) is 34.7 Å². The summed E-state index contributed by atoms with van der Waals surface area (Å²) in [5.74, 6) is 0.640. The van der Waals surface area contributed by atoms with Gasteiger partial charge in [0.15, 0.2) is 0 Å². The van der Waals surface area contributed by atoms with Crippen LogP contribution in [0.15, 0.2) is 24.4 Å². The molecule has 1 aliphatic rings. The first-order chi connectivity index (χ1) is 9.10. The number of aryl methyl sites for hydroxylation is 1. The Morgan fingerprint density at radius 1 is 1.26 bits per heavy atom. The lowest BCUT2D eigenvalue weighted by atomic mass is 10.0. The number of ether oxygens (including phenoxy) is 1. The van der Waals surface area contributed by atoms with Gasteiger partial charge < -0.3 is 9.64 Å². The number of benzene rings is 1. The summed E-state index contributed by atoms with van der Waals surface area (Å²) in [6, 6.07) is 5.92. The number of amides is 1. The summed E-state index contributed by atoms with van der Waals surface area (Å²) in [4.78, 5) is 13.7. The molecule has 0 spiro atoms. The number of carbonyl (C=O) groups is 1. The first-order valence-corrected chi connectivity index (χ1v) is 6.06. The van der Waals surface area contributed by atoms with Crippen LogP contribution in [0.4, 0.5) is 0 Å². The van der Waals surface area contributed by atoms with Gasteiger partial charge >= 0.3 is 0 Å². The van der Waals surface area contributed by atoms with Crippen LogP contribution in [0, 0.1) is 0 Å². The van der Waals surface area contributed by atoms with Crippen molar-refractivity contribution >= 4 is 5.91 Å². The van der Waals surface area contributed by atoms with Gasteiger partial charge in [0.2, 0.25) is 5.88 Å². The number of nitrogens with zero attached hydrogens (tertiary/aromatic N) is 3. The fourth-order valence-electron chi connectivity index (χ4n) is 2.43. The molecule has 0 unspecified atom stereocenters. The van der Waals surface area contributed by atoms with Crippen LogP contribution in [0.5, 0.6) is 5.88 Å². The highest BCUT2D eigenvalue weighted by Crippen LogP contribution is 2.32.